The number of amides is 2. The second kappa shape index (κ2) is 9.33. The van der Waals surface area contributed by atoms with Crippen LogP contribution in [0.1, 0.15) is 34.3 Å². The number of nitriles is 1. The van der Waals surface area contributed by atoms with Crippen LogP contribution in [0.25, 0.3) is 6.08 Å². The second-order valence-corrected chi connectivity index (χ2v) is 6.52. The Morgan fingerprint density at radius 2 is 1.83 bits per heavy atom. The zero-order valence-electron chi connectivity index (χ0n) is 15.6. The summed E-state index contributed by atoms with van der Waals surface area (Å²) in [4.78, 5) is 36.1. The van der Waals surface area contributed by atoms with Crippen LogP contribution in [-0.4, -0.2) is 30.4 Å². The van der Waals surface area contributed by atoms with Gasteiger partial charge in [-0.25, -0.2) is 4.79 Å². The number of nitrogens with one attached hydrogen (secondary N) is 2. The lowest BCUT2D eigenvalue weighted by atomic mass is 10.1. The first-order chi connectivity index (χ1) is 14.0. The van der Waals surface area contributed by atoms with E-state index in [1.165, 1.54) is 12.2 Å². The van der Waals surface area contributed by atoms with Crippen LogP contribution in [0, 0.1) is 11.3 Å². The minimum Gasteiger partial charge on any atom is -0.452 e. The topological polar surface area (TPSA) is 108 Å². The van der Waals surface area contributed by atoms with Crippen LogP contribution in [0.2, 0.25) is 0 Å². The second-order valence-electron chi connectivity index (χ2n) is 6.52. The van der Waals surface area contributed by atoms with Gasteiger partial charge in [-0.05, 0) is 48.7 Å². The molecule has 2 amide bonds. The summed E-state index contributed by atoms with van der Waals surface area (Å²) in [5.74, 6) is -1.47. The van der Waals surface area contributed by atoms with Crippen molar-refractivity contribution in [3.05, 3.63) is 71.3 Å². The Kier molecular flexibility index (Phi) is 6.38. The van der Waals surface area contributed by atoms with Crippen LogP contribution in [0.5, 0.6) is 0 Å². The van der Waals surface area contributed by atoms with Gasteiger partial charge in [0, 0.05) is 12.1 Å². The Morgan fingerprint density at radius 3 is 2.52 bits per heavy atom. The van der Waals surface area contributed by atoms with E-state index in [0.717, 1.165) is 18.4 Å². The number of nitrogens with zero attached hydrogens (tertiary/aromatic N) is 1. The Balaban J connectivity index is 1.50. The average molecular weight is 389 g/mol. The Bertz CT molecular complexity index is 986. The predicted octanol–water partition coefficient (Wildman–Crippen LogP) is 2.65. The molecule has 2 aromatic rings. The van der Waals surface area contributed by atoms with E-state index in [1.807, 2.05) is 6.07 Å². The van der Waals surface area contributed by atoms with Crippen LogP contribution in [0.15, 0.2) is 54.6 Å². The third-order valence-electron chi connectivity index (χ3n) is 4.16. The summed E-state index contributed by atoms with van der Waals surface area (Å²) in [6, 6.07) is 15.5. The van der Waals surface area contributed by atoms with E-state index in [4.69, 9.17) is 10.00 Å². The van der Waals surface area contributed by atoms with E-state index in [1.54, 1.807) is 48.5 Å². The Labute approximate surface area is 168 Å². The molecular weight excluding hydrogens is 370 g/mol. The van der Waals surface area contributed by atoms with Crippen molar-refractivity contribution in [2.75, 3.05) is 11.9 Å². The van der Waals surface area contributed by atoms with Crippen LogP contribution in [-0.2, 0) is 14.3 Å². The molecule has 2 N–H and O–H groups in total. The van der Waals surface area contributed by atoms with Crippen molar-refractivity contribution < 1.29 is 19.1 Å². The monoisotopic (exact) mass is 389 g/mol. The van der Waals surface area contributed by atoms with Crippen molar-refractivity contribution in [1.82, 2.24) is 5.32 Å². The largest absolute Gasteiger partial charge is 0.452 e. The van der Waals surface area contributed by atoms with Gasteiger partial charge < -0.3 is 15.4 Å². The summed E-state index contributed by atoms with van der Waals surface area (Å²) in [6.07, 6.45) is 4.66. The van der Waals surface area contributed by atoms with Crippen LogP contribution >= 0.6 is 0 Å². The van der Waals surface area contributed by atoms with Gasteiger partial charge in [-0.3, -0.25) is 9.59 Å². The molecule has 0 unspecified atom stereocenters. The molecule has 146 valence electrons. The summed E-state index contributed by atoms with van der Waals surface area (Å²) in [6.45, 7) is -0.477. The minimum atomic E-state index is -0.677. The molecule has 3 rings (SSSR count). The molecule has 0 spiro atoms. The van der Waals surface area contributed by atoms with Crippen molar-refractivity contribution in [2.45, 2.75) is 18.9 Å². The molecule has 1 fully saturated rings. The van der Waals surface area contributed by atoms with Crippen molar-refractivity contribution in [3.63, 3.8) is 0 Å². The van der Waals surface area contributed by atoms with Gasteiger partial charge in [-0.2, -0.15) is 5.26 Å². The van der Waals surface area contributed by atoms with Gasteiger partial charge >= 0.3 is 5.97 Å². The van der Waals surface area contributed by atoms with Crippen molar-refractivity contribution in [3.8, 4) is 6.07 Å². The summed E-state index contributed by atoms with van der Waals surface area (Å²) in [5, 5.41) is 14.2. The molecule has 1 aliphatic carbocycles. The first-order valence-electron chi connectivity index (χ1n) is 9.10. The number of para-hydroxylation sites is 1. The van der Waals surface area contributed by atoms with E-state index in [2.05, 4.69) is 10.6 Å². The van der Waals surface area contributed by atoms with Crippen LogP contribution in [0.4, 0.5) is 5.69 Å². The first kappa shape index (κ1) is 19.8. The van der Waals surface area contributed by atoms with Gasteiger partial charge in [0.15, 0.2) is 6.61 Å². The Morgan fingerprint density at radius 1 is 1.10 bits per heavy atom. The van der Waals surface area contributed by atoms with Gasteiger partial charge in [0.2, 0.25) is 0 Å². The molecule has 0 aromatic heterocycles. The number of ether oxygens (including phenoxy) is 1. The summed E-state index contributed by atoms with van der Waals surface area (Å²) >= 11 is 0. The first-order valence-corrected chi connectivity index (χ1v) is 9.10. The minimum absolute atomic E-state index is 0.204. The van der Waals surface area contributed by atoms with Gasteiger partial charge in [-0.15, -0.1) is 0 Å². The number of anilines is 1. The quantitative estimate of drug-likeness (QED) is 0.559. The summed E-state index contributed by atoms with van der Waals surface area (Å²) < 4.78 is 4.93. The third kappa shape index (κ3) is 6.04. The van der Waals surface area contributed by atoms with Crippen molar-refractivity contribution >= 4 is 29.5 Å². The van der Waals surface area contributed by atoms with Gasteiger partial charge in [0.05, 0.1) is 22.9 Å². The molecule has 1 aliphatic rings. The molecule has 1 saturated carbocycles. The number of benzene rings is 2. The number of carbonyl (C=O) groups is 3. The van der Waals surface area contributed by atoms with Crippen LogP contribution < -0.4 is 10.6 Å². The van der Waals surface area contributed by atoms with E-state index in [0.29, 0.717) is 16.8 Å². The highest BCUT2D eigenvalue weighted by atomic mass is 16.5. The van der Waals surface area contributed by atoms with E-state index in [9.17, 15) is 14.4 Å². The molecule has 0 heterocycles. The smallest absolute Gasteiger partial charge is 0.331 e. The SMILES string of the molecule is N#Cc1ccc(/C=C/C(=O)OCC(=O)Nc2ccccc2C(=O)NC2CC2)cc1. The number of hydrogen-bond acceptors (Lipinski definition) is 5. The van der Waals surface area contributed by atoms with Gasteiger partial charge in [-0.1, -0.05) is 24.3 Å². The Hall–Kier alpha value is -3.92. The number of hydrogen-bond donors (Lipinski definition) is 2. The standard InChI is InChI=1S/C22H19N3O4/c23-13-16-7-5-15(6-8-16)9-12-21(27)29-14-20(26)25-19-4-2-1-3-18(19)22(28)24-17-10-11-17/h1-9,12,17H,10-11,14H2,(H,24,28)(H,25,26)/b12-9+. The fraction of sp³-hybridized carbons (Fsp3) is 0.182. The number of rotatable bonds is 7. The number of carbonyl (C=O) groups excluding carboxylic acids is 3. The molecule has 0 atom stereocenters. The maximum atomic E-state index is 12.2. The molecule has 29 heavy (non-hydrogen) atoms. The fourth-order valence-electron chi connectivity index (χ4n) is 2.49. The van der Waals surface area contributed by atoms with Crippen LogP contribution in [0.3, 0.4) is 0 Å². The third-order valence-corrected chi connectivity index (χ3v) is 4.16. The summed E-state index contributed by atoms with van der Waals surface area (Å²) in [7, 11) is 0. The highest BCUT2D eigenvalue weighted by Crippen LogP contribution is 2.21. The molecule has 0 saturated heterocycles. The molecule has 7 nitrogen and oxygen atoms in total. The predicted molar refractivity (Wildman–Crippen MR) is 107 cm³/mol. The average Bonchev–Trinajstić information content (AvgIpc) is 3.55. The normalized spacial score (nSPS) is 12.8. The fourth-order valence-corrected chi connectivity index (χ4v) is 2.49. The zero-order chi connectivity index (χ0) is 20.6. The highest BCUT2D eigenvalue weighted by Gasteiger charge is 2.25. The molecule has 0 bridgehead atoms. The van der Waals surface area contributed by atoms with Gasteiger partial charge in [0.25, 0.3) is 11.8 Å². The van der Waals surface area contributed by atoms with Crippen molar-refractivity contribution in [2.24, 2.45) is 0 Å². The molecule has 0 radical (unpaired) electrons. The molecule has 7 heteroatoms. The maximum absolute atomic E-state index is 12.2. The van der Waals surface area contributed by atoms with E-state index < -0.39 is 18.5 Å². The highest BCUT2D eigenvalue weighted by molar-refractivity contribution is 6.04. The molecule has 2 aromatic carbocycles. The lowest BCUT2D eigenvalue weighted by Gasteiger charge is -2.11. The van der Waals surface area contributed by atoms with E-state index in [-0.39, 0.29) is 11.9 Å². The zero-order valence-corrected chi connectivity index (χ0v) is 15.6. The lowest BCUT2D eigenvalue weighted by molar-refractivity contribution is -0.142. The summed E-state index contributed by atoms with van der Waals surface area (Å²) in [5.41, 5.74) is 1.97. The molecular formula is C22H19N3O4. The maximum Gasteiger partial charge on any atom is 0.331 e. The number of esters is 1. The van der Waals surface area contributed by atoms with Gasteiger partial charge in [0.1, 0.15) is 0 Å². The lowest BCUT2D eigenvalue weighted by Crippen LogP contribution is -2.27. The van der Waals surface area contributed by atoms with E-state index >= 15 is 0 Å². The van der Waals surface area contributed by atoms with Crippen molar-refractivity contribution in [1.29, 1.82) is 5.26 Å². The molecule has 0 aliphatic heterocycles.